The Labute approximate surface area is 96.0 Å². The van der Waals surface area contributed by atoms with Crippen LogP contribution in [0, 0.1) is 5.92 Å². The standard InChI is InChI=1S/C11H20N2O3/c1-8(2)4-5-13-6-9(11(15)16)12(3)7-10(13)14/h8-9H,4-7H2,1-3H3,(H,15,16). The number of rotatable bonds is 4. The molecule has 1 atom stereocenters. The van der Waals surface area contributed by atoms with E-state index < -0.39 is 12.0 Å². The Hall–Kier alpha value is -1.10. The molecule has 1 fully saturated rings. The Balaban J connectivity index is 2.57. The molecule has 0 bridgehead atoms. The molecule has 1 saturated heterocycles. The van der Waals surface area contributed by atoms with E-state index in [0.717, 1.165) is 6.42 Å². The lowest BCUT2D eigenvalue weighted by molar-refractivity contribution is -0.150. The topological polar surface area (TPSA) is 60.9 Å². The van der Waals surface area contributed by atoms with E-state index in [1.807, 2.05) is 0 Å². The molecule has 5 nitrogen and oxygen atoms in total. The summed E-state index contributed by atoms with van der Waals surface area (Å²) >= 11 is 0. The van der Waals surface area contributed by atoms with Gasteiger partial charge in [0, 0.05) is 13.1 Å². The van der Waals surface area contributed by atoms with Crippen LogP contribution in [0.1, 0.15) is 20.3 Å². The zero-order valence-corrected chi connectivity index (χ0v) is 10.1. The van der Waals surface area contributed by atoms with Crippen LogP contribution in [0.2, 0.25) is 0 Å². The van der Waals surface area contributed by atoms with Gasteiger partial charge in [-0.3, -0.25) is 14.5 Å². The van der Waals surface area contributed by atoms with E-state index >= 15 is 0 Å². The second-order valence-electron chi connectivity index (χ2n) is 4.79. The Morgan fingerprint density at radius 2 is 2.19 bits per heavy atom. The van der Waals surface area contributed by atoms with Crippen molar-refractivity contribution in [2.24, 2.45) is 5.92 Å². The Bertz CT molecular complexity index is 278. The third kappa shape index (κ3) is 3.20. The van der Waals surface area contributed by atoms with Crippen LogP contribution < -0.4 is 0 Å². The highest BCUT2D eigenvalue weighted by atomic mass is 16.4. The molecular weight excluding hydrogens is 208 g/mol. The summed E-state index contributed by atoms with van der Waals surface area (Å²) in [5.74, 6) is -0.305. The molecule has 1 amide bonds. The van der Waals surface area contributed by atoms with Crippen LogP contribution in [0.3, 0.4) is 0 Å². The van der Waals surface area contributed by atoms with Gasteiger partial charge in [0.25, 0.3) is 0 Å². The van der Waals surface area contributed by atoms with Crippen molar-refractivity contribution < 1.29 is 14.7 Å². The van der Waals surface area contributed by atoms with Gasteiger partial charge < -0.3 is 10.0 Å². The van der Waals surface area contributed by atoms with Gasteiger partial charge in [-0.2, -0.15) is 0 Å². The first-order chi connectivity index (χ1) is 7.41. The number of likely N-dealkylation sites (N-methyl/N-ethyl adjacent to an activating group) is 1. The van der Waals surface area contributed by atoms with Gasteiger partial charge in [-0.25, -0.2) is 0 Å². The second kappa shape index (κ2) is 5.30. The third-order valence-electron chi connectivity index (χ3n) is 2.92. The van der Waals surface area contributed by atoms with Crippen molar-refractivity contribution in [1.82, 2.24) is 9.80 Å². The number of carbonyl (C=O) groups is 2. The first kappa shape index (κ1) is 13.0. The molecule has 0 spiro atoms. The maximum absolute atomic E-state index is 11.7. The second-order valence-corrected chi connectivity index (χ2v) is 4.79. The highest BCUT2D eigenvalue weighted by molar-refractivity contribution is 5.83. The molecule has 0 aliphatic carbocycles. The summed E-state index contributed by atoms with van der Waals surface area (Å²) in [6.07, 6.45) is 0.918. The van der Waals surface area contributed by atoms with Crippen LogP contribution >= 0.6 is 0 Å². The summed E-state index contributed by atoms with van der Waals surface area (Å²) in [6, 6.07) is -0.565. The molecule has 16 heavy (non-hydrogen) atoms. The normalized spacial score (nSPS) is 22.9. The lowest BCUT2D eigenvalue weighted by Crippen LogP contribution is -2.57. The van der Waals surface area contributed by atoms with Crippen molar-refractivity contribution >= 4 is 11.9 Å². The van der Waals surface area contributed by atoms with Crippen LogP contribution in [0.5, 0.6) is 0 Å². The Morgan fingerprint density at radius 1 is 1.56 bits per heavy atom. The predicted molar refractivity (Wildman–Crippen MR) is 60.1 cm³/mol. The highest BCUT2D eigenvalue weighted by Crippen LogP contribution is 2.11. The number of piperazine rings is 1. The van der Waals surface area contributed by atoms with E-state index in [-0.39, 0.29) is 12.5 Å². The Kier molecular flexibility index (Phi) is 4.29. The number of carboxylic acids is 1. The molecule has 1 N–H and O–H groups in total. The number of aliphatic carboxylic acids is 1. The molecule has 0 aromatic carbocycles. The van der Waals surface area contributed by atoms with Crippen molar-refractivity contribution in [3.05, 3.63) is 0 Å². The van der Waals surface area contributed by atoms with E-state index in [0.29, 0.717) is 19.0 Å². The fourth-order valence-electron chi connectivity index (χ4n) is 1.77. The minimum absolute atomic E-state index is 0.0284. The van der Waals surface area contributed by atoms with Crippen LogP contribution in [-0.2, 0) is 9.59 Å². The first-order valence-electron chi connectivity index (χ1n) is 5.62. The number of hydrogen-bond acceptors (Lipinski definition) is 3. The van der Waals surface area contributed by atoms with Gasteiger partial charge in [0.1, 0.15) is 6.04 Å². The average molecular weight is 228 g/mol. The van der Waals surface area contributed by atoms with Crippen LogP contribution in [-0.4, -0.2) is 59.5 Å². The number of carbonyl (C=O) groups excluding carboxylic acids is 1. The number of hydrogen-bond donors (Lipinski definition) is 1. The smallest absolute Gasteiger partial charge is 0.322 e. The molecule has 1 heterocycles. The van der Waals surface area contributed by atoms with Crippen LogP contribution in [0.4, 0.5) is 0 Å². The monoisotopic (exact) mass is 228 g/mol. The SMILES string of the molecule is CC(C)CCN1CC(C(=O)O)N(C)CC1=O. The van der Waals surface area contributed by atoms with Crippen LogP contribution in [0.15, 0.2) is 0 Å². The van der Waals surface area contributed by atoms with E-state index in [9.17, 15) is 9.59 Å². The van der Waals surface area contributed by atoms with Gasteiger partial charge in [-0.1, -0.05) is 13.8 Å². The molecule has 0 aromatic rings. The fraction of sp³-hybridized carbons (Fsp3) is 0.818. The van der Waals surface area contributed by atoms with Gasteiger partial charge in [0.05, 0.1) is 6.54 Å². The van der Waals surface area contributed by atoms with Gasteiger partial charge in [0.2, 0.25) is 5.91 Å². The zero-order chi connectivity index (χ0) is 12.3. The molecule has 1 aliphatic rings. The molecule has 0 saturated carbocycles. The number of amides is 1. The molecule has 1 rings (SSSR count). The number of nitrogens with zero attached hydrogens (tertiary/aromatic N) is 2. The van der Waals surface area contributed by atoms with Crippen molar-refractivity contribution in [3.63, 3.8) is 0 Å². The molecule has 1 unspecified atom stereocenters. The summed E-state index contributed by atoms with van der Waals surface area (Å²) in [4.78, 5) is 25.9. The largest absolute Gasteiger partial charge is 0.480 e. The van der Waals surface area contributed by atoms with Gasteiger partial charge >= 0.3 is 5.97 Å². The van der Waals surface area contributed by atoms with Crippen molar-refractivity contribution in [2.45, 2.75) is 26.3 Å². The minimum atomic E-state index is -0.857. The van der Waals surface area contributed by atoms with Crippen molar-refractivity contribution in [3.8, 4) is 0 Å². The summed E-state index contributed by atoms with van der Waals surface area (Å²) in [5, 5.41) is 9.01. The lowest BCUT2D eigenvalue weighted by atomic mass is 10.1. The third-order valence-corrected chi connectivity index (χ3v) is 2.92. The maximum atomic E-state index is 11.7. The van der Waals surface area contributed by atoms with E-state index in [2.05, 4.69) is 13.8 Å². The van der Waals surface area contributed by atoms with E-state index in [4.69, 9.17) is 5.11 Å². The van der Waals surface area contributed by atoms with E-state index in [1.54, 1.807) is 16.8 Å². The predicted octanol–water partition coefficient (Wildman–Crippen LogP) is 0.260. The molecule has 0 radical (unpaired) electrons. The quantitative estimate of drug-likeness (QED) is 0.749. The van der Waals surface area contributed by atoms with Gasteiger partial charge in [-0.05, 0) is 19.4 Å². The van der Waals surface area contributed by atoms with Gasteiger partial charge in [-0.15, -0.1) is 0 Å². The molecule has 5 heteroatoms. The maximum Gasteiger partial charge on any atom is 0.322 e. The number of carboxylic acid groups (broad SMARTS) is 1. The highest BCUT2D eigenvalue weighted by Gasteiger charge is 2.33. The van der Waals surface area contributed by atoms with Crippen molar-refractivity contribution in [1.29, 1.82) is 0 Å². The molecular formula is C11H20N2O3. The van der Waals surface area contributed by atoms with Crippen molar-refractivity contribution in [2.75, 3.05) is 26.7 Å². The Morgan fingerprint density at radius 3 is 2.69 bits per heavy atom. The zero-order valence-electron chi connectivity index (χ0n) is 10.1. The fourth-order valence-corrected chi connectivity index (χ4v) is 1.77. The molecule has 1 aliphatic heterocycles. The van der Waals surface area contributed by atoms with Crippen LogP contribution in [0.25, 0.3) is 0 Å². The summed E-state index contributed by atoms with van der Waals surface area (Å²) in [6.45, 7) is 5.35. The first-order valence-corrected chi connectivity index (χ1v) is 5.62. The van der Waals surface area contributed by atoms with E-state index in [1.165, 1.54) is 0 Å². The molecule has 92 valence electrons. The average Bonchev–Trinajstić information content (AvgIpc) is 2.15. The summed E-state index contributed by atoms with van der Waals surface area (Å²) < 4.78 is 0. The minimum Gasteiger partial charge on any atom is -0.480 e. The summed E-state index contributed by atoms with van der Waals surface area (Å²) in [7, 11) is 1.68. The summed E-state index contributed by atoms with van der Waals surface area (Å²) in [5.41, 5.74) is 0. The lowest BCUT2D eigenvalue weighted by Gasteiger charge is -2.37. The molecule has 0 aromatic heterocycles. The van der Waals surface area contributed by atoms with Gasteiger partial charge in [0.15, 0.2) is 0 Å².